The maximum absolute atomic E-state index is 12.9. The zero-order valence-electron chi connectivity index (χ0n) is 16.8. The molecule has 1 aromatic heterocycles. The average molecular weight is 394 g/mol. The minimum atomic E-state index is 0.0495. The molecule has 5 rings (SSSR count). The van der Waals surface area contributed by atoms with Crippen LogP contribution in [0.2, 0.25) is 0 Å². The van der Waals surface area contributed by atoms with Crippen LogP contribution in [0.3, 0.4) is 0 Å². The van der Waals surface area contributed by atoms with Crippen molar-refractivity contribution in [2.24, 2.45) is 0 Å². The molecule has 0 spiro atoms. The summed E-state index contributed by atoms with van der Waals surface area (Å²) in [7, 11) is 0. The van der Waals surface area contributed by atoms with E-state index in [1.807, 2.05) is 66.4 Å². The second kappa shape index (κ2) is 7.64. The van der Waals surface area contributed by atoms with Crippen molar-refractivity contribution in [3.63, 3.8) is 0 Å². The molecular formula is C26H22N2O2. The minimum Gasteiger partial charge on any atom is -0.489 e. The molecule has 4 heteroatoms. The zero-order valence-corrected chi connectivity index (χ0v) is 16.8. The van der Waals surface area contributed by atoms with Crippen molar-refractivity contribution >= 4 is 16.8 Å². The molecule has 1 amide bonds. The summed E-state index contributed by atoms with van der Waals surface area (Å²) >= 11 is 0. The number of fused-ring (bicyclic) bond motifs is 2. The van der Waals surface area contributed by atoms with E-state index in [2.05, 4.69) is 29.2 Å². The number of hydrogen-bond acceptors (Lipinski definition) is 3. The van der Waals surface area contributed by atoms with Gasteiger partial charge >= 0.3 is 0 Å². The van der Waals surface area contributed by atoms with Gasteiger partial charge < -0.3 is 9.64 Å². The lowest BCUT2D eigenvalue weighted by molar-refractivity contribution is 0.0751. The number of carbonyl (C=O) groups is 1. The number of aromatic nitrogens is 1. The highest BCUT2D eigenvalue weighted by Crippen LogP contribution is 2.25. The third-order valence-corrected chi connectivity index (χ3v) is 5.55. The fourth-order valence-electron chi connectivity index (χ4n) is 4.03. The highest BCUT2D eigenvalue weighted by Gasteiger charge is 2.23. The molecule has 1 aliphatic heterocycles. The van der Waals surface area contributed by atoms with E-state index in [1.54, 1.807) is 0 Å². The Morgan fingerprint density at radius 1 is 0.933 bits per heavy atom. The Labute approximate surface area is 175 Å². The van der Waals surface area contributed by atoms with Gasteiger partial charge in [-0.2, -0.15) is 0 Å². The van der Waals surface area contributed by atoms with Gasteiger partial charge in [-0.3, -0.25) is 9.78 Å². The van der Waals surface area contributed by atoms with E-state index in [4.69, 9.17) is 4.74 Å². The number of nitrogens with zero attached hydrogens (tertiary/aromatic N) is 2. The van der Waals surface area contributed by atoms with Gasteiger partial charge in [0.2, 0.25) is 0 Å². The van der Waals surface area contributed by atoms with Crippen molar-refractivity contribution in [3.05, 3.63) is 107 Å². The number of amides is 1. The van der Waals surface area contributed by atoms with Crippen molar-refractivity contribution < 1.29 is 9.53 Å². The fraction of sp³-hybridized carbons (Fsp3) is 0.154. The molecule has 30 heavy (non-hydrogen) atoms. The SMILES string of the molecule is Cc1cc(COc2ccc(C(=O)N3Cc4ccccc4C3)cc2)c2ccccc2n1. The van der Waals surface area contributed by atoms with Gasteiger partial charge in [0.05, 0.1) is 5.52 Å². The fourth-order valence-corrected chi connectivity index (χ4v) is 4.03. The Morgan fingerprint density at radius 2 is 1.60 bits per heavy atom. The lowest BCUT2D eigenvalue weighted by Crippen LogP contribution is -2.25. The lowest BCUT2D eigenvalue weighted by atomic mass is 10.1. The number of benzene rings is 3. The van der Waals surface area contributed by atoms with Crippen molar-refractivity contribution in [3.8, 4) is 5.75 Å². The molecule has 148 valence electrons. The standard InChI is InChI=1S/C26H22N2O2/c1-18-14-22(24-8-4-5-9-25(24)27-18)17-30-23-12-10-19(11-13-23)26(29)28-15-20-6-2-3-7-21(20)16-28/h2-14H,15-17H2,1H3. The molecule has 0 bridgehead atoms. The molecule has 3 aromatic carbocycles. The van der Waals surface area contributed by atoms with E-state index in [0.717, 1.165) is 27.9 Å². The first-order valence-electron chi connectivity index (χ1n) is 10.1. The molecule has 0 saturated carbocycles. The van der Waals surface area contributed by atoms with Gasteiger partial charge in [-0.1, -0.05) is 42.5 Å². The van der Waals surface area contributed by atoms with E-state index in [0.29, 0.717) is 25.3 Å². The summed E-state index contributed by atoms with van der Waals surface area (Å²) in [5, 5.41) is 1.10. The van der Waals surface area contributed by atoms with Gasteiger partial charge in [0.1, 0.15) is 12.4 Å². The average Bonchev–Trinajstić information content (AvgIpc) is 3.21. The van der Waals surface area contributed by atoms with Gasteiger partial charge in [0, 0.05) is 35.3 Å². The number of hydrogen-bond donors (Lipinski definition) is 0. The van der Waals surface area contributed by atoms with E-state index in [9.17, 15) is 4.79 Å². The quantitative estimate of drug-likeness (QED) is 0.473. The first kappa shape index (κ1) is 18.4. The molecule has 0 fully saturated rings. The van der Waals surface area contributed by atoms with Crippen LogP contribution >= 0.6 is 0 Å². The maximum atomic E-state index is 12.9. The molecule has 0 N–H and O–H groups in total. The topological polar surface area (TPSA) is 42.4 Å². The van der Waals surface area contributed by atoms with Crippen LogP contribution in [-0.2, 0) is 19.7 Å². The summed E-state index contributed by atoms with van der Waals surface area (Å²) in [6, 6.07) is 25.8. The lowest BCUT2D eigenvalue weighted by Gasteiger charge is -2.16. The number of aryl methyl sites for hydroxylation is 1. The summed E-state index contributed by atoms with van der Waals surface area (Å²) in [6.07, 6.45) is 0. The van der Waals surface area contributed by atoms with Gasteiger partial charge in [-0.15, -0.1) is 0 Å². The third kappa shape index (κ3) is 3.52. The van der Waals surface area contributed by atoms with Crippen LogP contribution < -0.4 is 4.74 Å². The summed E-state index contributed by atoms with van der Waals surface area (Å²) in [5.74, 6) is 0.795. The summed E-state index contributed by atoms with van der Waals surface area (Å²) < 4.78 is 6.01. The van der Waals surface area contributed by atoms with Crippen molar-refractivity contribution in [2.75, 3.05) is 0 Å². The molecule has 0 saturated heterocycles. The molecule has 0 aliphatic carbocycles. The Morgan fingerprint density at radius 3 is 2.33 bits per heavy atom. The third-order valence-electron chi connectivity index (χ3n) is 5.55. The molecule has 0 atom stereocenters. The Kier molecular flexibility index (Phi) is 4.68. The normalized spacial score (nSPS) is 12.8. The van der Waals surface area contributed by atoms with E-state index in [1.165, 1.54) is 11.1 Å². The van der Waals surface area contributed by atoms with Crippen LogP contribution in [0.5, 0.6) is 5.75 Å². The molecule has 2 heterocycles. The monoisotopic (exact) mass is 394 g/mol. The Bertz CT molecular complexity index is 1210. The smallest absolute Gasteiger partial charge is 0.254 e. The van der Waals surface area contributed by atoms with Crippen molar-refractivity contribution in [2.45, 2.75) is 26.6 Å². The molecule has 4 nitrogen and oxygen atoms in total. The predicted molar refractivity (Wildman–Crippen MR) is 117 cm³/mol. The van der Waals surface area contributed by atoms with Gasteiger partial charge in [-0.05, 0) is 54.4 Å². The number of ether oxygens (including phenoxy) is 1. The van der Waals surface area contributed by atoms with Crippen LogP contribution in [0.1, 0.15) is 32.7 Å². The number of carbonyl (C=O) groups excluding carboxylic acids is 1. The zero-order chi connectivity index (χ0) is 20.5. The van der Waals surface area contributed by atoms with Gasteiger partial charge in [0.25, 0.3) is 5.91 Å². The van der Waals surface area contributed by atoms with Crippen LogP contribution in [-0.4, -0.2) is 15.8 Å². The molecule has 4 aromatic rings. The van der Waals surface area contributed by atoms with Gasteiger partial charge in [0.15, 0.2) is 0 Å². The van der Waals surface area contributed by atoms with E-state index < -0.39 is 0 Å². The molecular weight excluding hydrogens is 372 g/mol. The second-order valence-electron chi connectivity index (χ2n) is 7.68. The molecule has 1 aliphatic rings. The van der Waals surface area contributed by atoms with Crippen molar-refractivity contribution in [1.29, 1.82) is 0 Å². The molecule has 0 unspecified atom stereocenters. The first-order valence-corrected chi connectivity index (χ1v) is 10.1. The van der Waals surface area contributed by atoms with E-state index >= 15 is 0 Å². The molecule has 0 radical (unpaired) electrons. The number of pyridine rings is 1. The Hall–Kier alpha value is -3.66. The predicted octanol–water partition coefficient (Wildman–Crippen LogP) is 5.28. The second-order valence-corrected chi connectivity index (χ2v) is 7.68. The summed E-state index contributed by atoms with van der Waals surface area (Å²) in [4.78, 5) is 19.3. The summed E-state index contributed by atoms with van der Waals surface area (Å²) in [6.45, 7) is 3.79. The Balaban J connectivity index is 1.28. The number of rotatable bonds is 4. The van der Waals surface area contributed by atoms with Crippen LogP contribution in [0.25, 0.3) is 10.9 Å². The van der Waals surface area contributed by atoms with Gasteiger partial charge in [-0.25, -0.2) is 0 Å². The maximum Gasteiger partial charge on any atom is 0.254 e. The van der Waals surface area contributed by atoms with Crippen LogP contribution in [0.4, 0.5) is 0 Å². The highest BCUT2D eigenvalue weighted by atomic mass is 16.5. The number of para-hydroxylation sites is 1. The highest BCUT2D eigenvalue weighted by molar-refractivity contribution is 5.94. The van der Waals surface area contributed by atoms with Crippen LogP contribution in [0, 0.1) is 6.92 Å². The first-order chi connectivity index (χ1) is 14.7. The summed E-state index contributed by atoms with van der Waals surface area (Å²) in [5.41, 5.74) is 6.19. The van der Waals surface area contributed by atoms with Crippen molar-refractivity contribution in [1.82, 2.24) is 9.88 Å². The largest absolute Gasteiger partial charge is 0.489 e. The van der Waals surface area contributed by atoms with E-state index in [-0.39, 0.29) is 5.91 Å². The van der Waals surface area contributed by atoms with Crippen LogP contribution in [0.15, 0.2) is 78.9 Å². The minimum absolute atomic E-state index is 0.0495.